The molecule has 0 aliphatic heterocycles. The summed E-state index contributed by atoms with van der Waals surface area (Å²) in [5, 5.41) is 8.71. The van der Waals surface area contributed by atoms with Crippen LogP contribution in [0.1, 0.15) is 21.5 Å². The van der Waals surface area contributed by atoms with Gasteiger partial charge < -0.3 is 9.47 Å². The van der Waals surface area contributed by atoms with E-state index < -0.39 is 40.9 Å². The van der Waals surface area contributed by atoms with Gasteiger partial charge in [-0.25, -0.2) is 4.79 Å². The number of benzene rings is 1. The minimum absolute atomic E-state index is 0.0272. The maximum absolute atomic E-state index is 12.8. The fraction of sp³-hybridized carbons (Fsp3) is 0.273. The number of rotatable bonds is 2. The second kappa shape index (κ2) is 5.51. The van der Waals surface area contributed by atoms with Crippen molar-refractivity contribution in [2.75, 3.05) is 7.11 Å². The number of alkyl halides is 6. The van der Waals surface area contributed by atoms with Crippen molar-refractivity contribution in [3.05, 3.63) is 28.8 Å². The van der Waals surface area contributed by atoms with Crippen molar-refractivity contribution in [1.82, 2.24) is 0 Å². The number of ether oxygens (including phenoxy) is 2. The van der Waals surface area contributed by atoms with Crippen molar-refractivity contribution in [3.63, 3.8) is 0 Å². The monoisotopic (exact) mass is 313 g/mol. The highest BCUT2D eigenvalue weighted by Crippen LogP contribution is 2.37. The summed E-state index contributed by atoms with van der Waals surface area (Å²) in [7, 11) is 0.768. The largest absolute Gasteiger partial charge is 0.573 e. The van der Waals surface area contributed by atoms with Crippen LogP contribution in [-0.4, -0.2) is 19.4 Å². The Morgan fingerprint density at radius 2 is 1.76 bits per heavy atom. The summed E-state index contributed by atoms with van der Waals surface area (Å²) in [6, 6.07) is 1.54. The molecule has 0 saturated heterocycles. The van der Waals surface area contributed by atoms with Crippen LogP contribution in [0.4, 0.5) is 26.3 Å². The highest BCUT2D eigenvalue weighted by molar-refractivity contribution is 5.94. The van der Waals surface area contributed by atoms with Gasteiger partial charge in [0.15, 0.2) is 0 Å². The van der Waals surface area contributed by atoms with Crippen LogP contribution in [0, 0.1) is 11.3 Å². The molecule has 1 rings (SSSR count). The Labute approximate surface area is 113 Å². The van der Waals surface area contributed by atoms with E-state index in [1.807, 2.05) is 0 Å². The van der Waals surface area contributed by atoms with Crippen molar-refractivity contribution in [2.24, 2.45) is 0 Å². The van der Waals surface area contributed by atoms with Crippen LogP contribution in [0.5, 0.6) is 5.75 Å². The third-order valence-corrected chi connectivity index (χ3v) is 2.16. The van der Waals surface area contributed by atoms with Crippen molar-refractivity contribution in [2.45, 2.75) is 12.5 Å². The maximum Gasteiger partial charge on any atom is 0.573 e. The minimum Gasteiger partial charge on any atom is -0.465 e. The van der Waals surface area contributed by atoms with Gasteiger partial charge in [-0.15, -0.1) is 13.2 Å². The van der Waals surface area contributed by atoms with Gasteiger partial charge >= 0.3 is 18.5 Å². The third-order valence-electron chi connectivity index (χ3n) is 2.16. The first-order chi connectivity index (χ1) is 9.49. The van der Waals surface area contributed by atoms with Crippen LogP contribution in [0.15, 0.2) is 12.1 Å². The Bertz CT molecular complexity index is 600. The number of carbonyl (C=O) groups is 1. The molecule has 0 aliphatic rings. The second-order valence-electron chi connectivity index (χ2n) is 3.54. The van der Waals surface area contributed by atoms with Gasteiger partial charge in [-0.2, -0.15) is 18.4 Å². The molecule has 0 aliphatic carbocycles. The van der Waals surface area contributed by atoms with E-state index in [9.17, 15) is 31.1 Å². The Hall–Kier alpha value is -2.44. The third kappa shape index (κ3) is 4.01. The number of hydrogen-bond acceptors (Lipinski definition) is 4. The summed E-state index contributed by atoms with van der Waals surface area (Å²) in [5.41, 5.74) is -3.88. The van der Waals surface area contributed by atoms with E-state index in [1.54, 1.807) is 0 Å². The Morgan fingerprint density at radius 3 is 2.14 bits per heavy atom. The van der Waals surface area contributed by atoms with E-state index in [4.69, 9.17) is 5.26 Å². The lowest BCUT2D eigenvalue weighted by Crippen LogP contribution is -2.20. The van der Waals surface area contributed by atoms with Crippen molar-refractivity contribution in [1.29, 1.82) is 5.26 Å². The first-order valence-corrected chi connectivity index (χ1v) is 4.99. The quantitative estimate of drug-likeness (QED) is 0.621. The average molecular weight is 313 g/mol. The molecule has 0 fully saturated rings. The average Bonchev–Trinajstić information content (AvgIpc) is 2.33. The van der Waals surface area contributed by atoms with E-state index >= 15 is 0 Å². The van der Waals surface area contributed by atoms with Crippen LogP contribution < -0.4 is 4.74 Å². The smallest absolute Gasteiger partial charge is 0.465 e. The normalized spacial score (nSPS) is 11.7. The van der Waals surface area contributed by atoms with E-state index in [2.05, 4.69) is 9.47 Å². The first-order valence-electron chi connectivity index (χ1n) is 4.99. The van der Waals surface area contributed by atoms with Crippen molar-refractivity contribution < 1.29 is 40.6 Å². The van der Waals surface area contributed by atoms with E-state index in [1.165, 1.54) is 6.07 Å². The highest BCUT2D eigenvalue weighted by Gasteiger charge is 2.39. The van der Waals surface area contributed by atoms with Crippen LogP contribution in [0.2, 0.25) is 0 Å². The topological polar surface area (TPSA) is 59.3 Å². The molecule has 0 heterocycles. The van der Waals surface area contributed by atoms with Gasteiger partial charge in [0.2, 0.25) is 0 Å². The van der Waals surface area contributed by atoms with Crippen LogP contribution in [0.25, 0.3) is 0 Å². The zero-order chi connectivity index (χ0) is 16.4. The molecular weight excluding hydrogens is 308 g/mol. The SMILES string of the molecule is COC(=O)c1c(C#N)cc(OC(F)(F)F)cc1C(F)(F)F. The standard InChI is InChI=1S/C11H5F6NO3/c1-20-9(19)8-5(4-18)2-6(21-11(15,16)17)3-7(8)10(12,13)14/h2-3H,1H3. The molecule has 0 spiro atoms. The predicted octanol–water partition coefficient (Wildman–Crippen LogP) is 3.26. The van der Waals surface area contributed by atoms with E-state index in [0.29, 0.717) is 6.07 Å². The molecule has 0 unspecified atom stereocenters. The van der Waals surface area contributed by atoms with Gasteiger partial charge in [0.1, 0.15) is 11.8 Å². The molecule has 0 N–H and O–H groups in total. The van der Waals surface area contributed by atoms with Crippen LogP contribution in [0.3, 0.4) is 0 Å². The number of carbonyl (C=O) groups excluding carboxylic acids is 1. The molecule has 21 heavy (non-hydrogen) atoms. The summed E-state index contributed by atoms with van der Waals surface area (Å²) in [4.78, 5) is 11.3. The second-order valence-corrected chi connectivity index (χ2v) is 3.54. The van der Waals surface area contributed by atoms with Gasteiger partial charge in [0.25, 0.3) is 0 Å². The van der Waals surface area contributed by atoms with Gasteiger partial charge in [-0.05, 0) is 12.1 Å². The Kier molecular flexibility index (Phi) is 4.36. The molecule has 1 aromatic rings. The van der Waals surface area contributed by atoms with Crippen LogP contribution in [-0.2, 0) is 10.9 Å². The Morgan fingerprint density at radius 1 is 1.19 bits per heavy atom. The fourth-order valence-electron chi connectivity index (χ4n) is 1.44. The zero-order valence-electron chi connectivity index (χ0n) is 10.1. The number of methoxy groups -OCH3 is 1. The summed E-state index contributed by atoms with van der Waals surface area (Å²) in [6.45, 7) is 0. The van der Waals surface area contributed by atoms with Gasteiger partial charge in [-0.1, -0.05) is 0 Å². The minimum atomic E-state index is -5.25. The lowest BCUT2D eigenvalue weighted by Gasteiger charge is -2.16. The summed E-state index contributed by atoms with van der Waals surface area (Å²) < 4.78 is 82.1. The lowest BCUT2D eigenvalue weighted by atomic mass is 10.0. The van der Waals surface area contributed by atoms with E-state index in [-0.39, 0.29) is 6.07 Å². The number of nitrogens with zero attached hydrogens (tertiary/aromatic N) is 1. The molecule has 0 saturated carbocycles. The molecule has 0 bridgehead atoms. The van der Waals surface area contributed by atoms with Crippen molar-refractivity contribution >= 4 is 5.97 Å². The molecule has 0 aromatic heterocycles. The maximum atomic E-state index is 12.8. The molecule has 0 radical (unpaired) electrons. The molecule has 10 heteroatoms. The van der Waals surface area contributed by atoms with Gasteiger partial charge in [0.05, 0.1) is 23.8 Å². The number of nitriles is 1. The predicted molar refractivity (Wildman–Crippen MR) is 54.2 cm³/mol. The molecule has 1 aromatic carbocycles. The van der Waals surface area contributed by atoms with Gasteiger partial charge in [-0.3, -0.25) is 0 Å². The zero-order valence-corrected chi connectivity index (χ0v) is 10.1. The van der Waals surface area contributed by atoms with Crippen molar-refractivity contribution in [3.8, 4) is 11.8 Å². The number of esters is 1. The fourth-order valence-corrected chi connectivity index (χ4v) is 1.44. The first kappa shape index (κ1) is 16.6. The van der Waals surface area contributed by atoms with E-state index in [0.717, 1.165) is 7.11 Å². The van der Waals surface area contributed by atoms with Gasteiger partial charge in [0, 0.05) is 0 Å². The number of hydrogen-bond donors (Lipinski definition) is 0. The molecule has 114 valence electrons. The van der Waals surface area contributed by atoms with Crippen LogP contribution >= 0.6 is 0 Å². The lowest BCUT2D eigenvalue weighted by molar-refractivity contribution is -0.274. The summed E-state index contributed by atoms with van der Waals surface area (Å²) in [6.07, 6.45) is -10.4. The molecule has 4 nitrogen and oxygen atoms in total. The number of halogens is 6. The summed E-state index contributed by atoms with van der Waals surface area (Å²) in [5.74, 6) is -2.77. The highest BCUT2D eigenvalue weighted by atomic mass is 19.4. The summed E-state index contributed by atoms with van der Waals surface area (Å²) >= 11 is 0. The Balaban J connectivity index is 3.59. The molecule has 0 atom stereocenters. The molecule has 0 amide bonds. The molecular formula is C11H5F6NO3.